The smallest absolute Gasteiger partial charge is 0.339 e. The Hall–Kier alpha value is -2.47. The van der Waals surface area contributed by atoms with Crippen molar-refractivity contribution in [2.75, 3.05) is 0 Å². The van der Waals surface area contributed by atoms with Crippen molar-refractivity contribution in [1.29, 1.82) is 0 Å². The van der Waals surface area contributed by atoms with Crippen LogP contribution in [0.15, 0.2) is 42.0 Å². The van der Waals surface area contributed by atoms with Crippen LogP contribution >= 0.6 is 0 Å². The fourth-order valence-corrected chi connectivity index (χ4v) is 7.05. The van der Waals surface area contributed by atoms with E-state index in [9.17, 15) is 14.4 Å². The quantitative estimate of drug-likeness (QED) is 0.452. The molecule has 0 aromatic heterocycles. The minimum absolute atomic E-state index is 0.123. The van der Waals surface area contributed by atoms with Crippen molar-refractivity contribution in [3.63, 3.8) is 0 Å². The third-order valence-electron chi connectivity index (χ3n) is 9.19. The highest BCUT2D eigenvalue weighted by Crippen LogP contribution is 2.65. The molecule has 3 aliphatic carbocycles. The van der Waals surface area contributed by atoms with Gasteiger partial charge in [-0.1, -0.05) is 45.0 Å². The number of ether oxygens (including phenoxy) is 3. The molecule has 1 aromatic carbocycles. The van der Waals surface area contributed by atoms with Crippen LogP contribution in [0.4, 0.5) is 0 Å². The summed E-state index contributed by atoms with van der Waals surface area (Å²) < 4.78 is 18.4. The molecule has 6 heteroatoms. The van der Waals surface area contributed by atoms with E-state index in [2.05, 4.69) is 26.8 Å². The molecule has 35 heavy (non-hydrogen) atoms. The monoisotopic (exact) mass is 480 g/mol. The predicted molar refractivity (Wildman–Crippen MR) is 129 cm³/mol. The SMILES string of the molecule is CC(=O)OC1C(C)CC2(OC(=O)c3ccccc3)C(=O)C(C)=CC3C(CCC4(C)OC4C12)C3(C)C. The van der Waals surface area contributed by atoms with Crippen molar-refractivity contribution in [3.8, 4) is 0 Å². The van der Waals surface area contributed by atoms with Gasteiger partial charge in [0, 0.05) is 13.3 Å². The van der Waals surface area contributed by atoms with E-state index in [0.29, 0.717) is 23.0 Å². The Labute approximate surface area is 207 Å². The zero-order chi connectivity index (χ0) is 25.3. The average molecular weight is 481 g/mol. The molecule has 2 saturated carbocycles. The zero-order valence-electron chi connectivity index (χ0n) is 21.5. The maximum atomic E-state index is 14.3. The van der Waals surface area contributed by atoms with E-state index in [-0.39, 0.29) is 29.6 Å². The molecule has 0 spiro atoms. The molecule has 1 heterocycles. The van der Waals surface area contributed by atoms with E-state index >= 15 is 0 Å². The van der Waals surface area contributed by atoms with Gasteiger partial charge in [0.1, 0.15) is 6.10 Å². The molecule has 8 atom stereocenters. The van der Waals surface area contributed by atoms with Crippen molar-refractivity contribution in [1.82, 2.24) is 0 Å². The van der Waals surface area contributed by atoms with Gasteiger partial charge in [-0.3, -0.25) is 9.59 Å². The van der Waals surface area contributed by atoms with E-state index in [0.717, 1.165) is 12.8 Å². The van der Waals surface area contributed by atoms with E-state index < -0.39 is 35.2 Å². The van der Waals surface area contributed by atoms with Gasteiger partial charge in [0.25, 0.3) is 0 Å². The van der Waals surface area contributed by atoms with E-state index in [1.54, 1.807) is 24.3 Å². The first kappa shape index (κ1) is 24.2. The number of fused-ring (bicyclic) bond motifs is 4. The maximum absolute atomic E-state index is 14.3. The molecular formula is C29H36O6. The van der Waals surface area contributed by atoms with Crippen LogP contribution in [0.3, 0.4) is 0 Å². The van der Waals surface area contributed by atoms with E-state index in [1.165, 1.54) is 6.92 Å². The number of epoxide rings is 1. The highest BCUT2D eigenvalue weighted by Gasteiger charge is 2.72. The summed E-state index contributed by atoms with van der Waals surface area (Å²) in [6.07, 6.45) is 3.31. The molecule has 0 N–H and O–H groups in total. The van der Waals surface area contributed by atoms with Crippen molar-refractivity contribution in [2.24, 2.45) is 29.1 Å². The zero-order valence-corrected chi connectivity index (χ0v) is 21.5. The first-order valence-electron chi connectivity index (χ1n) is 12.8. The third-order valence-corrected chi connectivity index (χ3v) is 9.19. The number of ketones is 1. The molecule has 1 saturated heterocycles. The van der Waals surface area contributed by atoms with Crippen LogP contribution in [-0.2, 0) is 23.8 Å². The summed E-state index contributed by atoms with van der Waals surface area (Å²) in [6.45, 7) is 11.7. The van der Waals surface area contributed by atoms with Gasteiger partial charge in [-0.15, -0.1) is 0 Å². The summed E-state index contributed by atoms with van der Waals surface area (Å²) in [5, 5.41) is 0. The highest BCUT2D eigenvalue weighted by molar-refractivity contribution is 6.04. The first-order chi connectivity index (χ1) is 16.4. The van der Waals surface area contributed by atoms with Crippen LogP contribution < -0.4 is 0 Å². The number of carbonyl (C=O) groups is 3. The van der Waals surface area contributed by atoms with Gasteiger partial charge in [0.05, 0.1) is 23.2 Å². The summed E-state index contributed by atoms with van der Waals surface area (Å²) >= 11 is 0. The summed E-state index contributed by atoms with van der Waals surface area (Å²) in [5.74, 6) is -1.12. The van der Waals surface area contributed by atoms with Gasteiger partial charge in [0.15, 0.2) is 5.60 Å². The number of hydrogen-bond donors (Lipinski definition) is 0. The normalized spacial score (nSPS) is 41.3. The standard InChI is InChI=1S/C29H36O6/c1-16-14-21-20(27(21,4)5)12-13-28(6)25(34-28)22-23(33-18(3)30)17(2)15-29(22,24(16)31)35-26(32)19-10-8-7-9-11-19/h7-11,14,17,20-23,25H,12-13,15H2,1-6H3. The Bertz CT molecular complexity index is 1090. The molecule has 8 unspecified atom stereocenters. The number of benzene rings is 1. The molecule has 4 aliphatic rings. The fraction of sp³-hybridized carbons (Fsp3) is 0.621. The van der Waals surface area contributed by atoms with Crippen molar-refractivity contribution >= 4 is 17.7 Å². The third kappa shape index (κ3) is 3.85. The first-order valence-corrected chi connectivity index (χ1v) is 12.8. The van der Waals surface area contributed by atoms with Gasteiger partial charge in [0.2, 0.25) is 5.78 Å². The molecule has 1 aliphatic heterocycles. The molecule has 188 valence electrons. The van der Waals surface area contributed by atoms with Crippen LogP contribution in [0.5, 0.6) is 0 Å². The van der Waals surface area contributed by atoms with Crippen molar-refractivity contribution in [2.45, 2.75) is 84.2 Å². The van der Waals surface area contributed by atoms with Gasteiger partial charge >= 0.3 is 11.9 Å². The van der Waals surface area contributed by atoms with Crippen LogP contribution in [0, 0.1) is 29.1 Å². The van der Waals surface area contributed by atoms with Crippen molar-refractivity contribution in [3.05, 3.63) is 47.5 Å². The second kappa shape index (κ2) is 8.02. The van der Waals surface area contributed by atoms with E-state index in [4.69, 9.17) is 14.2 Å². The van der Waals surface area contributed by atoms with Crippen molar-refractivity contribution < 1.29 is 28.6 Å². The lowest BCUT2D eigenvalue weighted by atomic mass is 9.77. The lowest BCUT2D eigenvalue weighted by molar-refractivity contribution is -0.156. The highest BCUT2D eigenvalue weighted by atomic mass is 16.6. The number of carbonyl (C=O) groups excluding carboxylic acids is 3. The number of esters is 2. The Balaban J connectivity index is 1.62. The second-order valence-corrected chi connectivity index (χ2v) is 11.9. The lowest BCUT2D eigenvalue weighted by Crippen LogP contribution is -2.52. The summed E-state index contributed by atoms with van der Waals surface area (Å²) in [5.41, 5.74) is -0.793. The van der Waals surface area contributed by atoms with Crippen LogP contribution in [-0.4, -0.2) is 41.1 Å². The topological polar surface area (TPSA) is 82.2 Å². The number of hydrogen-bond acceptors (Lipinski definition) is 6. The minimum Gasteiger partial charge on any atom is -0.462 e. The number of Topliss-reactive ketones (excluding diaryl/α,β-unsaturated/α-hetero) is 1. The summed E-state index contributed by atoms with van der Waals surface area (Å²) in [7, 11) is 0. The predicted octanol–water partition coefficient (Wildman–Crippen LogP) is 4.91. The molecule has 0 bridgehead atoms. The molecule has 6 nitrogen and oxygen atoms in total. The van der Waals surface area contributed by atoms with Gasteiger partial charge in [-0.25, -0.2) is 4.79 Å². The Kier molecular flexibility index (Phi) is 5.55. The van der Waals surface area contributed by atoms with Gasteiger partial charge < -0.3 is 14.2 Å². The van der Waals surface area contributed by atoms with Crippen LogP contribution in [0.25, 0.3) is 0 Å². The Morgan fingerprint density at radius 2 is 1.80 bits per heavy atom. The molecule has 1 aromatic rings. The second-order valence-electron chi connectivity index (χ2n) is 11.9. The molecular weight excluding hydrogens is 444 g/mol. The largest absolute Gasteiger partial charge is 0.462 e. The summed E-state index contributed by atoms with van der Waals surface area (Å²) in [4.78, 5) is 39.8. The number of allylic oxidation sites excluding steroid dienone is 1. The Morgan fingerprint density at radius 1 is 1.11 bits per heavy atom. The van der Waals surface area contributed by atoms with Crippen LogP contribution in [0.2, 0.25) is 0 Å². The van der Waals surface area contributed by atoms with E-state index in [1.807, 2.05) is 19.9 Å². The minimum atomic E-state index is -1.46. The van der Waals surface area contributed by atoms with Crippen LogP contribution in [0.1, 0.15) is 71.2 Å². The lowest BCUT2D eigenvalue weighted by Gasteiger charge is -2.35. The summed E-state index contributed by atoms with van der Waals surface area (Å²) in [6, 6.07) is 8.73. The van der Waals surface area contributed by atoms with Gasteiger partial charge in [-0.2, -0.15) is 0 Å². The molecule has 0 radical (unpaired) electrons. The average Bonchev–Trinajstić information content (AvgIpc) is 3.57. The maximum Gasteiger partial charge on any atom is 0.339 e. The molecule has 0 amide bonds. The fourth-order valence-electron chi connectivity index (χ4n) is 7.05. The number of rotatable bonds is 3. The molecule has 5 rings (SSSR count). The van der Waals surface area contributed by atoms with Gasteiger partial charge in [-0.05, 0) is 67.6 Å². The Morgan fingerprint density at radius 3 is 2.46 bits per heavy atom. The molecule has 3 fully saturated rings.